The van der Waals surface area contributed by atoms with Crippen molar-refractivity contribution in [1.29, 1.82) is 0 Å². The minimum atomic E-state index is 0.290. The van der Waals surface area contributed by atoms with Crippen molar-refractivity contribution in [1.82, 2.24) is 10.6 Å². The third-order valence-electron chi connectivity index (χ3n) is 8.25. The highest BCUT2D eigenvalue weighted by atomic mass is 16.5. The molecule has 25 heavy (non-hydrogen) atoms. The number of ether oxygens (including phenoxy) is 1. The van der Waals surface area contributed by atoms with Gasteiger partial charge in [0.2, 0.25) is 0 Å². The maximum atomic E-state index is 6.73. The van der Waals surface area contributed by atoms with Crippen LogP contribution in [0, 0.1) is 23.2 Å². The summed E-state index contributed by atoms with van der Waals surface area (Å²) in [6.45, 7) is 9.21. The molecule has 0 aromatic rings. The molecule has 4 fully saturated rings. The Balaban J connectivity index is 1.51. The molecular formula is C21H39BN2O. The van der Waals surface area contributed by atoms with Gasteiger partial charge >= 0.3 is 0 Å². The largest absolute Gasteiger partial charge is 0.360 e. The molecule has 4 heteroatoms. The van der Waals surface area contributed by atoms with Crippen molar-refractivity contribution in [3.63, 3.8) is 0 Å². The molecule has 2 N–H and O–H groups in total. The lowest BCUT2D eigenvalue weighted by molar-refractivity contribution is -0.108. The number of fused-ring (bicyclic) bond motifs is 3. The molecule has 4 aliphatic rings. The summed E-state index contributed by atoms with van der Waals surface area (Å²) in [5.41, 5.74) is 0.522. The fourth-order valence-corrected chi connectivity index (χ4v) is 6.98. The van der Waals surface area contributed by atoms with Crippen molar-refractivity contribution in [2.45, 2.75) is 103 Å². The van der Waals surface area contributed by atoms with Crippen LogP contribution in [0.25, 0.3) is 0 Å². The summed E-state index contributed by atoms with van der Waals surface area (Å²) in [6.07, 6.45) is 14.5. The van der Waals surface area contributed by atoms with Gasteiger partial charge in [-0.2, -0.15) is 0 Å². The number of rotatable bonds is 5. The van der Waals surface area contributed by atoms with Crippen molar-refractivity contribution in [2.24, 2.45) is 23.2 Å². The van der Waals surface area contributed by atoms with E-state index in [9.17, 15) is 0 Å². The Morgan fingerprint density at radius 3 is 2.68 bits per heavy atom. The Morgan fingerprint density at radius 2 is 1.92 bits per heavy atom. The van der Waals surface area contributed by atoms with Crippen molar-refractivity contribution < 1.29 is 4.74 Å². The Morgan fingerprint density at radius 1 is 1.12 bits per heavy atom. The molecule has 1 aliphatic heterocycles. The van der Waals surface area contributed by atoms with E-state index in [0.29, 0.717) is 29.7 Å². The first kappa shape index (κ1) is 18.3. The predicted octanol–water partition coefficient (Wildman–Crippen LogP) is 4.38. The summed E-state index contributed by atoms with van der Waals surface area (Å²) in [6, 6.07) is 0.682. The smallest absolute Gasteiger partial charge is 0.136 e. The van der Waals surface area contributed by atoms with Gasteiger partial charge in [-0.25, -0.2) is 0 Å². The van der Waals surface area contributed by atoms with Gasteiger partial charge in [0, 0.05) is 18.6 Å². The average molecular weight is 346 g/mol. The highest BCUT2D eigenvalue weighted by Gasteiger charge is 2.58. The Labute approximate surface area is 155 Å². The summed E-state index contributed by atoms with van der Waals surface area (Å²) < 4.78 is 6.73. The predicted molar refractivity (Wildman–Crippen MR) is 106 cm³/mol. The van der Waals surface area contributed by atoms with E-state index in [1.54, 1.807) is 0 Å². The fourth-order valence-electron chi connectivity index (χ4n) is 6.98. The van der Waals surface area contributed by atoms with E-state index in [1.807, 2.05) is 0 Å². The molecule has 6 atom stereocenters. The number of hydrogen-bond donors (Lipinski definition) is 2. The lowest BCUT2D eigenvalue weighted by Gasteiger charge is -2.45. The van der Waals surface area contributed by atoms with E-state index in [2.05, 4.69) is 31.3 Å². The van der Waals surface area contributed by atoms with Crippen LogP contribution in [0.5, 0.6) is 0 Å². The minimum Gasteiger partial charge on any atom is -0.360 e. The topological polar surface area (TPSA) is 33.3 Å². The van der Waals surface area contributed by atoms with Crippen LogP contribution in [0.1, 0.15) is 65.2 Å². The van der Waals surface area contributed by atoms with E-state index >= 15 is 0 Å². The molecule has 4 rings (SSSR count). The molecule has 0 amide bonds. The normalized spacial score (nSPS) is 44.5. The van der Waals surface area contributed by atoms with Crippen molar-refractivity contribution in [3.8, 4) is 0 Å². The first-order valence-corrected chi connectivity index (χ1v) is 11.2. The van der Waals surface area contributed by atoms with Gasteiger partial charge in [-0.3, -0.25) is 5.32 Å². The highest BCUT2D eigenvalue weighted by molar-refractivity contribution is 6.57. The second-order valence-corrected chi connectivity index (χ2v) is 10.0. The third kappa shape index (κ3) is 3.56. The molecule has 1 saturated heterocycles. The van der Waals surface area contributed by atoms with E-state index in [-0.39, 0.29) is 0 Å². The lowest BCUT2D eigenvalue weighted by Crippen LogP contribution is -2.59. The zero-order chi connectivity index (χ0) is 17.4. The quantitative estimate of drug-likeness (QED) is 0.725. The van der Waals surface area contributed by atoms with Gasteiger partial charge in [-0.15, -0.1) is 0 Å². The van der Waals surface area contributed by atoms with Gasteiger partial charge in [-0.05, 0) is 49.4 Å². The summed E-state index contributed by atoms with van der Waals surface area (Å²) in [5, 5.41) is 7.51. The van der Waals surface area contributed by atoms with E-state index in [4.69, 9.17) is 4.74 Å². The Kier molecular flexibility index (Phi) is 5.51. The fraction of sp³-hybridized carbons (Fsp3) is 1.00. The Hall–Kier alpha value is -0.0551. The average Bonchev–Trinajstić information content (AvgIpc) is 3.14. The van der Waals surface area contributed by atoms with Gasteiger partial charge in [0.25, 0.3) is 0 Å². The van der Waals surface area contributed by atoms with Crippen molar-refractivity contribution in [2.75, 3.05) is 6.67 Å². The molecule has 0 bridgehead atoms. The van der Waals surface area contributed by atoms with Crippen LogP contribution in [-0.2, 0) is 4.74 Å². The van der Waals surface area contributed by atoms with Gasteiger partial charge in [0.15, 0.2) is 0 Å². The van der Waals surface area contributed by atoms with Crippen molar-refractivity contribution in [3.05, 3.63) is 0 Å². The third-order valence-corrected chi connectivity index (χ3v) is 8.25. The van der Waals surface area contributed by atoms with Crippen molar-refractivity contribution >= 4 is 6.71 Å². The van der Waals surface area contributed by atoms with Crippen LogP contribution < -0.4 is 10.6 Å². The van der Waals surface area contributed by atoms with Crippen LogP contribution in [0.15, 0.2) is 0 Å². The maximum Gasteiger partial charge on any atom is 0.136 e. The van der Waals surface area contributed by atoms with Crippen LogP contribution >= 0.6 is 0 Å². The monoisotopic (exact) mass is 346 g/mol. The molecule has 0 aromatic carbocycles. The van der Waals surface area contributed by atoms with Crippen LogP contribution in [0.4, 0.5) is 0 Å². The summed E-state index contributed by atoms with van der Waals surface area (Å²) in [4.78, 5) is 0. The molecule has 0 aromatic heterocycles. The zero-order valence-electron chi connectivity index (χ0n) is 16.7. The highest BCUT2D eigenvalue weighted by Crippen LogP contribution is 2.60. The second-order valence-electron chi connectivity index (χ2n) is 10.0. The van der Waals surface area contributed by atoms with E-state index in [1.165, 1.54) is 64.0 Å². The van der Waals surface area contributed by atoms with Gasteiger partial charge in [0.1, 0.15) is 12.9 Å². The number of hydrogen-bond acceptors (Lipinski definition) is 3. The first-order chi connectivity index (χ1) is 12.1. The Bertz CT molecular complexity index is 455. The standard InChI is InChI=1S/C21H39BN2O/c1-4-22(3)13-21(2)11-10-15-12-17-18(19(15)21)20(24-14-23-17)25-16-8-6-5-7-9-16/h15-20,23-24H,4-14H2,1-3H3. The molecule has 6 unspecified atom stereocenters. The summed E-state index contributed by atoms with van der Waals surface area (Å²) in [7, 11) is 0. The molecule has 3 saturated carbocycles. The first-order valence-electron chi connectivity index (χ1n) is 11.2. The minimum absolute atomic E-state index is 0.290. The SMILES string of the molecule is CCB(C)CC1(C)CCC2CC3NCNC(OC4CCCCC4)C3C21. The lowest BCUT2D eigenvalue weighted by atomic mass is 9.41. The van der Waals surface area contributed by atoms with E-state index < -0.39 is 0 Å². The maximum absolute atomic E-state index is 6.73. The molecule has 3 aliphatic carbocycles. The summed E-state index contributed by atoms with van der Waals surface area (Å²) in [5.74, 6) is 2.45. The van der Waals surface area contributed by atoms with Crippen LogP contribution in [0.3, 0.4) is 0 Å². The summed E-state index contributed by atoms with van der Waals surface area (Å²) >= 11 is 0. The molecule has 0 radical (unpaired) electrons. The second kappa shape index (κ2) is 7.52. The molecule has 3 nitrogen and oxygen atoms in total. The van der Waals surface area contributed by atoms with Crippen LogP contribution in [0.2, 0.25) is 19.5 Å². The van der Waals surface area contributed by atoms with Gasteiger partial charge < -0.3 is 10.1 Å². The van der Waals surface area contributed by atoms with Crippen LogP contribution in [-0.4, -0.2) is 31.8 Å². The van der Waals surface area contributed by atoms with Gasteiger partial charge in [-0.1, -0.05) is 52.6 Å². The molecule has 1 heterocycles. The number of nitrogens with one attached hydrogen (secondary N) is 2. The van der Waals surface area contributed by atoms with E-state index in [0.717, 1.165) is 25.2 Å². The zero-order valence-corrected chi connectivity index (χ0v) is 16.7. The molecular weight excluding hydrogens is 307 g/mol. The van der Waals surface area contributed by atoms with Gasteiger partial charge in [0.05, 0.1) is 6.10 Å². The molecule has 0 spiro atoms. The molecule has 142 valence electrons.